The second-order valence-electron chi connectivity index (χ2n) is 4.25. The minimum Gasteiger partial charge on any atom is -0.355 e. The Morgan fingerprint density at radius 1 is 1.20 bits per heavy atom. The summed E-state index contributed by atoms with van der Waals surface area (Å²) in [5.74, 6) is 0.405. The maximum atomic E-state index is 12.2. The molecule has 0 aliphatic rings. The quantitative estimate of drug-likeness (QED) is 0.880. The number of anilines is 2. The standard InChI is InChI=1S/C13H16N4O2S/c1-3-14-13-15-8-12(9-16-13)20(18,19)17-11-6-4-5-10(2)7-11/h4-9,17H,3H2,1-2H3,(H,14,15,16). The van der Waals surface area contributed by atoms with Crippen LogP contribution in [0.4, 0.5) is 11.6 Å². The van der Waals surface area contributed by atoms with Crippen LogP contribution in [0.5, 0.6) is 0 Å². The lowest BCUT2D eigenvalue weighted by Crippen LogP contribution is -2.14. The molecule has 0 saturated heterocycles. The monoisotopic (exact) mass is 292 g/mol. The topological polar surface area (TPSA) is 84.0 Å². The zero-order valence-corrected chi connectivity index (χ0v) is 12.1. The summed E-state index contributed by atoms with van der Waals surface area (Å²) in [4.78, 5) is 7.93. The van der Waals surface area contributed by atoms with E-state index in [-0.39, 0.29) is 4.90 Å². The van der Waals surface area contributed by atoms with Gasteiger partial charge >= 0.3 is 0 Å². The second-order valence-corrected chi connectivity index (χ2v) is 5.93. The van der Waals surface area contributed by atoms with Gasteiger partial charge < -0.3 is 5.32 Å². The third-order valence-electron chi connectivity index (χ3n) is 2.54. The lowest BCUT2D eigenvalue weighted by atomic mass is 10.2. The van der Waals surface area contributed by atoms with Gasteiger partial charge in [-0.2, -0.15) is 0 Å². The van der Waals surface area contributed by atoms with Crippen LogP contribution in [0.25, 0.3) is 0 Å². The van der Waals surface area contributed by atoms with Gasteiger partial charge in [0.2, 0.25) is 5.95 Å². The number of nitrogens with zero attached hydrogens (tertiary/aromatic N) is 2. The molecule has 106 valence electrons. The summed E-state index contributed by atoms with van der Waals surface area (Å²) < 4.78 is 26.8. The van der Waals surface area contributed by atoms with Crippen LogP contribution in [-0.2, 0) is 10.0 Å². The van der Waals surface area contributed by atoms with Crippen LogP contribution in [0.1, 0.15) is 12.5 Å². The fourth-order valence-electron chi connectivity index (χ4n) is 1.63. The molecule has 7 heteroatoms. The summed E-state index contributed by atoms with van der Waals surface area (Å²) in [6.45, 7) is 4.48. The molecule has 1 heterocycles. The number of sulfonamides is 1. The van der Waals surface area contributed by atoms with E-state index in [1.54, 1.807) is 18.2 Å². The highest BCUT2D eigenvalue weighted by molar-refractivity contribution is 7.92. The van der Waals surface area contributed by atoms with Gasteiger partial charge in [-0.1, -0.05) is 12.1 Å². The van der Waals surface area contributed by atoms with E-state index >= 15 is 0 Å². The molecule has 0 bridgehead atoms. The van der Waals surface area contributed by atoms with Crippen LogP contribution < -0.4 is 10.0 Å². The van der Waals surface area contributed by atoms with Gasteiger partial charge in [-0.05, 0) is 31.5 Å². The minimum absolute atomic E-state index is 0.0284. The molecule has 0 spiro atoms. The number of rotatable bonds is 5. The SMILES string of the molecule is CCNc1ncc(S(=O)(=O)Nc2cccc(C)c2)cn1. The van der Waals surface area contributed by atoms with Crippen molar-refractivity contribution < 1.29 is 8.42 Å². The van der Waals surface area contributed by atoms with Crippen molar-refractivity contribution in [1.29, 1.82) is 0 Å². The van der Waals surface area contributed by atoms with Gasteiger partial charge in [0.25, 0.3) is 10.0 Å². The van der Waals surface area contributed by atoms with E-state index in [9.17, 15) is 8.42 Å². The number of hydrogen-bond donors (Lipinski definition) is 2. The predicted octanol–water partition coefficient (Wildman–Crippen LogP) is 2.02. The average molecular weight is 292 g/mol. The van der Waals surface area contributed by atoms with E-state index in [0.29, 0.717) is 18.2 Å². The average Bonchev–Trinajstić information content (AvgIpc) is 2.39. The molecule has 2 rings (SSSR count). The molecule has 1 aromatic heterocycles. The fraction of sp³-hybridized carbons (Fsp3) is 0.231. The normalized spacial score (nSPS) is 11.1. The minimum atomic E-state index is -3.66. The number of benzene rings is 1. The lowest BCUT2D eigenvalue weighted by Gasteiger charge is -2.08. The molecule has 0 atom stereocenters. The maximum Gasteiger partial charge on any atom is 0.264 e. The highest BCUT2D eigenvalue weighted by Crippen LogP contribution is 2.16. The number of aryl methyl sites for hydroxylation is 1. The van der Waals surface area contributed by atoms with Gasteiger partial charge in [0.05, 0.1) is 12.4 Å². The molecular weight excluding hydrogens is 276 g/mol. The van der Waals surface area contributed by atoms with Crippen LogP contribution in [0.15, 0.2) is 41.6 Å². The van der Waals surface area contributed by atoms with Crippen LogP contribution >= 0.6 is 0 Å². The van der Waals surface area contributed by atoms with Crippen molar-refractivity contribution in [2.75, 3.05) is 16.6 Å². The molecule has 20 heavy (non-hydrogen) atoms. The number of aromatic nitrogens is 2. The van der Waals surface area contributed by atoms with Crippen LogP contribution in [0.2, 0.25) is 0 Å². The summed E-state index contributed by atoms with van der Waals surface area (Å²) >= 11 is 0. The Kier molecular flexibility index (Phi) is 4.19. The van der Waals surface area contributed by atoms with Gasteiger partial charge in [-0.3, -0.25) is 4.72 Å². The van der Waals surface area contributed by atoms with E-state index < -0.39 is 10.0 Å². The Morgan fingerprint density at radius 2 is 1.90 bits per heavy atom. The van der Waals surface area contributed by atoms with Crippen molar-refractivity contribution in [3.8, 4) is 0 Å². The third kappa shape index (κ3) is 3.45. The molecule has 0 aliphatic heterocycles. The molecule has 1 aromatic carbocycles. The Bertz CT molecular complexity index is 684. The molecular formula is C13H16N4O2S. The van der Waals surface area contributed by atoms with Gasteiger partial charge in [-0.25, -0.2) is 18.4 Å². The molecule has 0 amide bonds. The summed E-state index contributed by atoms with van der Waals surface area (Å²) in [5.41, 5.74) is 1.49. The largest absolute Gasteiger partial charge is 0.355 e. The van der Waals surface area contributed by atoms with Crippen LogP contribution in [0, 0.1) is 6.92 Å². The van der Waals surface area contributed by atoms with Crippen molar-refractivity contribution in [1.82, 2.24) is 9.97 Å². The van der Waals surface area contributed by atoms with E-state index in [4.69, 9.17) is 0 Å². The van der Waals surface area contributed by atoms with Crippen LogP contribution in [-0.4, -0.2) is 24.9 Å². The molecule has 0 fully saturated rings. The molecule has 0 unspecified atom stereocenters. The van der Waals surface area contributed by atoms with Gasteiger partial charge in [0, 0.05) is 12.2 Å². The van der Waals surface area contributed by atoms with Gasteiger partial charge in [0.15, 0.2) is 0 Å². The van der Waals surface area contributed by atoms with Gasteiger partial charge in [0.1, 0.15) is 4.90 Å². The van der Waals surface area contributed by atoms with E-state index in [0.717, 1.165) is 5.56 Å². The van der Waals surface area contributed by atoms with Crippen molar-refractivity contribution in [2.24, 2.45) is 0 Å². The summed E-state index contributed by atoms with van der Waals surface area (Å²) in [7, 11) is -3.66. The molecule has 0 radical (unpaired) electrons. The predicted molar refractivity (Wildman–Crippen MR) is 78.2 cm³/mol. The van der Waals surface area contributed by atoms with E-state index in [1.807, 2.05) is 19.9 Å². The molecule has 6 nitrogen and oxygen atoms in total. The van der Waals surface area contributed by atoms with Crippen molar-refractivity contribution >= 4 is 21.7 Å². The Balaban J connectivity index is 2.21. The fourth-order valence-corrected chi connectivity index (χ4v) is 2.57. The number of hydrogen-bond acceptors (Lipinski definition) is 5. The Labute approximate surface area is 118 Å². The van der Waals surface area contributed by atoms with Crippen molar-refractivity contribution in [2.45, 2.75) is 18.7 Å². The zero-order valence-electron chi connectivity index (χ0n) is 11.3. The Hall–Kier alpha value is -2.15. The second kappa shape index (κ2) is 5.87. The highest BCUT2D eigenvalue weighted by Gasteiger charge is 2.15. The molecule has 0 aliphatic carbocycles. The first kappa shape index (κ1) is 14.3. The smallest absolute Gasteiger partial charge is 0.264 e. The first-order chi connectivity index (χ1) is 9.51. The summed E-state index contributed by atoms with van der Waals surface area (Å²) in [6.07, 6.45) is 2.56. The number of nitrogens with one attached hydrogen (secondary N) is 2. The summed E-state index contributed by atoms with van der Waals surface area (Å²) in [5, 5.41) is 2.91. The van der Waals surface area contributed by atoms with E-state index in [1.165, 1.54) is 12.4 Å². The van der Waals surface area contributed by atoms with Crippen molar-refractivity contribution in [3.05, 3.63) is 42.2 Å². The first-order valence-electron chi connectivity index (χ1n) is 6.16. The van der Waals surface area contributed by atoms with Gasteiger partial charge in [-0.15, -0.1) is 0 Å². The van der Waals surface area contributed by atoms with E-state index in [2.05, 4.69) is 20.0 Å². The lowest BCUT2D eigenvalue weighted by molar-refractivity contribution is 0.600. The highest BCUT2D eigenvalue weighted by atomic mass is 32.2. The van der Waals surface area contributed by atoms with Crippen LogP contribution in [0.3, 0.4) is 0 Å². The third-order valence-corrected chi connectivity index (χ3v) is 3.88. The van der Waals surface area contributed by atoms with Crippen molar-refractivity contribution in [3.63, 3.8) is 0 Å². The Morgan fingerprint density at radius 3 is 2.50 bits per heavy atom. The molecule has 0 saturated carbocycles. The zero-order chi connectivity index (χ0) is 14.6. The first-order valence-corrected chi connectivity index (χ1v) is 7.65. The molecule has 2 N–H and O–H groups in total. The summed E-state index contributed by atoms with van der Waals surface area (Å²) in [6, 6.07) is 7.13. The molecule has 2 aromatic rings. The maximum absolute atomic E-state index is 12.2.